The van der Waals surface area contributed by atoms with Crippen LogP contribution in [0.15, 0.2) is 84.0 Å². The van der Waals surface area contributed by atoms with Crippen molar-refractivity contribution in [2.75, 3.05) is 11.1 Å². The van der Waals surface area contributed by atoms with Crippen LogP contribution < -0.4 is 10.7 Å². The Bertz CT molecular complexity index is 1060. The Morgan fingerprint density at radius 3 is 2.35 bits per heavy atom. The molecule has 3 aromatic rings. The molecule has 0 aliphatic heterocycles. The molecular formula is C25H25N3O2S. The molecule has 0 aliphatic carbocycles. The zero-order chi connectivity index (χ0) is 22.1. The third kappa shape index (κ3) is 7.12. The highest BCUT2D eigenvalue weighted by Gasteiger charge is 2.07. The van der Waals surface area contributed by atoms with Crippen molar-refractivity contribution >= 4 is 35.0 Å². The van der Waals surface area contributed by atoms with E-state index in [1.807, 2.05) is 49.4 Å². The Balaban J connectivity index is 1.51. The highest BCUT2D eigenvalue weighted by Crippen LogP contribution is 2.14. The lowest BCUT2D eigenvalue weighted by Crippen LogP contribution is -2.21. The van der Waals surface area contributed by atoms with Crippen molar-refractivity contribution in [3.8, 4) is 0 Å². The van der Waals surface area contributed by atoms with E-state index < -0.39 is 0 Å². The van der Waals surface area contributed by atoms with Gasteiger partial charge < -0.3 is 5.32 Å². The van der Waals surface area contributed by atoms with E-state index in [0.717, 1.165) is 11.3 Å². The summed E-state index contributed by atoms with van der Waals surface area (Å²) in [6.07, 6.45) is 0. The average molecular weight is 432 g/mol. The fourth-order valence-electron chi connectivity index (χ4n) is 2.80. The van der Waals surface area contributed by atoms with Gasteiger partial charge in [0.05, 0.1) is 11.5 Å². The van der Waals surface area contributed by atoms with Crippen LogP contribution in [0.25, 0.3) is 0 Å². The number of rotatable bonds is 8. The summed E-state index contributed by atoms with van der Waals surface area (Å²) in [5, 5.41) is 7.08. The Hall–Kier alpha value is -3.38. The maximum absolute atomic E-state index is 12.3. The fourth-order valence-corrected chi connectivity index (χ4v) is 3.58. The quantitative estimate of drug-likeness (QED) is 0.389. The van der Waals surface area contributed by atoms with Gasteiger partial charge in [-0.3, -0.25) is 9.59 Å². The lowest BCUT2D eigenvalue weighted by Gasteiger charge is -2.08. The van der Waals surface area contributed by atoms with E-state index in [9.17, 15) is 9.59 Å². The lowest BCUT2D eigenvalue weighted by molar-refractivity contribution is -0.118. The lowest BCUT2D eigenvalue weighted by atomic mass is 10.1. The summed E-state index contributed by atoms with van der Waals surface area (Å²) in [5.74, 6) is 0.786. The first kappa shape index (κ1) is 22.3. The number of carbonyl (C=O) groups is 2. The number of hydrazone groups is 1. The Morgan fingerprint density at radius 1 is 0.903 bits per heavy atom. The largest absolute Gasteiger partial charge is 0.322 e. The molecule has 0 saturated carbocycles. The number of anilines is 1. The molecule has 158 valence electrons. The summed E-state index contributed by atoms with van der Waals surface area (Å²) in [7, 11) is 0. The van der Waals surface area contributed by atoms with Gasteiger partial charge in [-0.15, -0.1) is 11.8 Å². The molecule has 0 bridgehead atoms. The van der Waals surface area contributed by atoms with Crippen LogP contribution in [-0.4, -0.2) is 23.3 Å². The molecule has 0 aromatic heterocycles. The summed E-state index contributed by atoms with van der Waals surface area (Å²) in [4.78, 5) is 24.4. The maximum Gasteiger partial charge on any atom is 0.255 e. The molecule has 6 heteroatoms. The molecular weight excluding hydrogens is 406 g/mol. The number of hydrogen-bond acceptors (Lipinski definition) is 4. The Labute approximate surface area is 187 Å². The first-order valence-corrected chi connectivity index (χ1v) is 11.1. The van der Waals surface area contributed by atoms with E-state index in [2.05, 4.69) is 47.0 Å². The second-order valence-corrected chi connectivity index (χ2v) is 8.10. The summed E-state index contributed by atoms with van der Waals surface area (Å²) in [5.41, 5.74) is 7.75. The number of benzene rings is 3. The van der Waals surface area contributed by atoms with Gasteiger partial charge in [0.2, 0.25) is 5.91 Å². The van der Waals surface area contributed by atoms with Crippen LogP contribution in [0.3, 0.4) is 0 Å². The number of aryl methyl sites for hydroxylation is 1. The molecule has 0 heterocycles. The minimum absolute atomic E-state index is 0.148. The Kier molecular flexibility index (Phi) is 8.01. The minimum atomic E-state index is -0.175. The van der Waals surface area contributed by atoms with Gasteiger partial charge in [-0.05, 0) is 49.2 Å². The fraction of sp³-hybridized carbons (Fsp3) is 0.160. The van der Waals surface area contributed by atoms with Crippen molar-refractivity contribution in [3.63, 3.8) is 0 Å². The van der Waals surface area contributed by atoms with Crippen molar-refractivity contribution in [2.45, 2.75) is 19.6 Å². The molecule has 0 saturated heterocycles. The number of hydrogen-bond donors (Lipinski definition) is 2. The summed E-state index contributed by atoms with van der Waals surface area (Å²) < 4.78 is 0. The molecule has 5 nitrogen and oxygen atoms in total. The van der Waals surface area contributed by atoms with Crippen molar-refractivity contribution in [1.29, 1.82) is 0 Å². The maximum atomic E-state index is 12.3. The van der Waals surface area contributed by atoms with E-state index in [0.29, 0.717) is 22.7 Å². The molecule has 0 fully saturated rings. The number of amides is 2. The van der Waals surface area contributed by atoms with Crippen LogP contribution in [0.2, 0.25) is 0 Å². The van der Waals surface area contributed by atoms with Gasteiger partial charge in [0.15, 0.2) is 0 Å². The number of thioether (sulfide) groups is 1. The molecule has 0 radical (unpaired) electrons. The highest BCUT2D eigenvalue weighted by atomic mass is 32.2. The van der Waals surface area contributed by atoms with Crippen molar-refractivity contribution in [3.05, 3.63) is 101 Å². The van der Waals surface area contributed by atoms with E-state index in [4.69, 9.17) is 0 Å². The van der Waals surface area contributed by atoms with Gasteiger partial charge in [0, 0.05) is 17.0 Å². The van der Waals surface area contributed by atoms with Crippen molar-refractivity contribution in [2.24, 2.45) is 5.10 Å². The summed E-state index contributed by atoms with van der Waals surface area (Å²) in [6.45, 7) is 3.87. The zero-order valence-electron chi connectivity index (χ0n) is 17.6. The summed E-state index contributed by atoms with van der Waals surface area (Å²) >= 11 is 1.55. The van der Waals surface area contributed by atoms with Crippen molar-refractivity contribution in [1.82, 2.24) is 5.43 Å². The second-order valence-electron chi connectivity index (χ2n) is 7.11. The van der Waals surface area contributed by atoms with E-state index in [-0.39, 0.29) is 11.8 Å². The SMILES string of the molecule is C/C(=N\NC(=O)CSCc1ccc(C)cc1)c1cccc(NC(=O)c2ccccc2)c1. The predicted molar refractivity (Wildman–Crippen MR) is 129 cm³/mol. The number of carbonyl (C=O) groups excluding carboxylic acids is 2. The topological polar surface area (TPSA) is 70.6 Å². The minimum Gasteiger partial charge on any atom is -0.322 e. The van der Waals surface area contributed by atoms with Crippen LogP contribution in [0.1, 0.15) is 34.0 Å². The van der Waals surface area contributed by atoms with Crippen LogP contribution in [-0.2, 0) is 10.5 Å². The molecule has 3 aromatic carbocycles. The molecule has 0 unspecified atom stereocenters. The van der Waals surface area contributed by atoms with E-state index in [1.54, 1.807) is 23.9 Å². The normalized spacial score (nSPS) is 11.1. The smallest absolute Gasteiger partial charge is 0.255 e. The van der Waals surface area contributed by atoms with Gasteiger partial charge in [0.25, 0.3) is 5.91 Å². The zero-order valence-corrected chi connectivity index (χ0v) is 18.4. The molecule has 0 spiro atoms. The standard InChI is InChI=1S/C25H25N3O2S/c1-18-11-13-20(14-12-18)16-31-17-24(29)28-27-19(2)22-9-6-10-23(15-22)26-25(30)21-7-4-3-5-8-21/h3-15H,16-17H2,1-2H3,(H,26,30)(H,28,29)/b27-19+. The third-order valence-electron chi connectivity index (χ3n) is 4.54. The van der Waals surface area contributed by atoms with E-state index in [1.165, 1.54) is 11.1 Å². The van der Waals surface area contributed by atoms with Crippen LogP contribution in [0.4, 0.5) is 5.69 Å². The van der Waals surface area contributed by atoms with Crippen LogP contribution in [0, 0.1) is 6.92 Å². The molecule has 0 aliphatic rings. The van der Waals surface area contributed by atoms with Gasteiger partial charge >= 0.3 is 0 Å². The van der Waals surface area contributed by atoms with E-state index >= 15 is 0 Å². The Morgan fingerprint density at radius 2 is 1.61 bits per heavy atom. The molecule has 0 atom stereocenters. The highest BCUT2D eigenvalue weighted by molar-refractivity contribution is 7.99. The second kappa shape index (κ2) is 11.1. The van der Waals surface area contributed by atoms with Crippen LogP contribution >= 0.6 is 11.8 Å². The molecule has 2 amide bonds. The summed E-state index contributed by atoms with van der Waals surface area (Å²) in [6, 6.07) is 24.7. The monoisotopic (exact) mass is 431 g/mol. The van der Waals surface area contributed by atoms with Gasteiger partial charge in [0.1, 0.15) is 0 Å². The van der Waals surface area contributed by atoms with Crippen molar-refractivity contribution < 1.29 is 9.59 Å². The molecule has 2 N–H and O–H groups in total. The third-order valence-corrected chi connectivity index (χ3v) is 5.55. The first-order valence-electron chi connectivity index (χ1n) is 9.94. The molecule has 31 heavy (non-hydrogen) atoms. The number of nitrogens with one attached hydrogen (secondary N) is 2. The van der Waals surface area contributed by atoms with Gasteiger partial charge in [-0.25, -0.2) is 5.43 Å². The van der Waals surface area contributed by atoms with Gasteiger partial charge in [-0.1, -0.05) is 60.2 Å². The van der Waals surface area contributed by atoms with Crippen LogP contribution in [0.5, 0.6) is 0 Å². The first-order chi connectivity index (χ1) is 15.0. The predicted octanol–water partition coefficient (Wildman–Crippen LogP) is 5.02. The molecule has 3 rings (SSSR count). The van der Waals surface area contributed by atoms with Gasteiger partial charge in [-0.2, -0.15) is 5.10 Å². The average Bonchev–Trinajstić information content (AvgIpc) is 2.79. The number of nitrogens with zero attached hydrogens (tertiary/aromatic N) is 1.